The molecule has 0 saturated heterocycles. The molecule has 2 aromatic carbocycles. The zero-order valence-electron chi connectivity index (χ0n) is 11.0. The molecule has 0 fully saturated rings. The highest BCUT2D eigenvalue weighted by Gasteiger charge is 2.21. The summed E-state index contributed by atoms with van der Waals surface area (Å²) < 4.78 is 0. The Balaban J connectivity index is 1.77. The largest absolute Gasteiger partial charge is 0.332 e. The van der Waals surface area contributed by atoms with E-state index in [2.05, 4.69) is 27.3 Å². The second kappa shape index (κ2) is 5.84. The molecule has 20 heavy (non-hydrogen) atoms. The maximum absolute atomic E-state index is 5.51. The summed E-state index contributed by atoms with van der Waals surface area (Å²) in [5.41, 5.74) is 2.10. The topological polar surface area (TPSA) is 27.6 Å². The maximum atomic E-state index is 5.51. The van der Waals surface area contributed by atoms with Gasteiger partial charge < -0.3 is 10.2 Å². The molecule has 0 amide bonds. The number of hydrogen-bond acceptors (Lipinski definition) is 2. The lowest BCUT2D eigenvalue weighted by Gasteiger charge is -2.22. The highest BCUT2D eigenvalue weighted by molar-refractivity contribution is 7.80. The summed E-state index contributed by atoms with van der Waals surface area (Å²) in [6, 6.07) is 20.1. The van der Waals surface area contributed by atoms with Crippen LogP contribution in [0.2, 0.25) is 0 Å². The van der Waals surface area contributed by atoms with Crippen LogP contribution in [0.25, 0.3) is 0 Å². The van der Waals surface area contributed by atoms with E-state index in [1.807, 2.05) is 48.5 Å². The molecule has 1 heterocycles. The molecule has 0 atom stereocenters. The van der Waals surface area contributed by atoms with Crippen LogP contribution in [-0.2, 0) is 0 Å². The third-order valence-corrected chi connectivity index (χ3v) is 3.47. The highest BCUT2D eigenvalue weighted by atomic mass is 32.1. The molecule has 1 N–H and O–H groups in total. The average molecular weight is 281 g/mol. The lowest BCUT2D eigenvalue weighted by atomic mass is 10.2. The van der Waals surface area contributed by atoms with Crippen molar-refractivity contribution < 1.29 is 0 Å². The fourth-order valence-electron chi connectivity index (χ4n) is 2.19. The molecule has 0 spiro atoms. The Labute approximate surface area is 124 Å². The molecule has 1 aliphatic heterocycles. The van der Waals surface area contributed by atoms with Gasteiger partial charge in [-0.2, -0.15) is 0 Å². The first kappa shape index (κ1) is 12.8. The van der Waals surface area contributed by atoms with Crippen molar-refractivity contribution in [3.05, 3.63) is 66.2 Å². The normalized spacial score (nSPS) is 14.0. The first-order valence-corrected chi connectivity index (χ1v) is 6.99. The summed E-state index contributed by atoms with van der Waals surface area (Å²) in [4.78, 5) is 6.62. The molecule has 2 aromatic rings. The molecule has 0 unspecified atom stereocenters. The Kier molecular flexibility index (Phi) is 3.74. The number of anilines is 1. The number of benzene rings is 2. The molecular formula is C16H15N3S. The van der Waals surface area contributed by atoms with Crippen LogP contribution in [0.3, 0.4) is 0 Å². The Morgan fingerprint density at radius 1 is 1.00 bits per heavy atom. The van der Waals surface area contributed by atoms with Crippen molar-refractivity contribution in [1.82, 2.24) is 4.90 Å². The van der Waals surface area contributed by atoms with E-state index >= 15 is 0 Å². The van der Waals surface area contributed by atoms with Gasteiger partial charge in [-0.25, -0.2) is 0 Å². The third-order valence-electron chi connectivity index (χ3n) is 3.14. The molecule has 4 heteroatoms. The van der Waals surface area contributed by atoms with Crippen molar-refractivity contribution >= 4 is 28.9 Å². The Morgan fingerprint density at radius 3 is 2.35 bits per heavy atom. The summed E-state index contributed by atoms with van der Waals surface area (Å²) in [6.45, 7) is 1.60. The number of para-hydroxylation sites is 1. The lowest BCUT2D eigenvalue weighted by molar-refractivity contribution is 0.676. The molecule has 0 aliphatic carbocycles. The van der Waals surface area contributed by atoms with Crippen LogP contribution < -0.4 is 5.32 Å². The number of rotatable bonds is 2. The van der Waals surface area contributed by atoms with E-state index in [1.54, 1.807) is 0 Å². The van der Waals surface area contributed by atoms with E-state index < -0.39 is 0 Å². The minimum absolute atomic E-state index is 0.691. The summed E-state index contributed by atoms with van der Waals surface area (Å²) in [7, 11) is 0. The SMILES string of the molecule is S=C(Nc1ccccc1)N1CCN=C1c1ccccc1. The van der Waals surface area contributed by atoms with Gasteiger partial charge in [-0.3, -0.25) is 4.99 Å². The molecule has 0 bridgehead atoms. The first-order chi connectivity index (χ1) is 9.84. The smallest absolute Gasteiger partial charge is 0.179 e. The molecule has 0 saturated carbocycles. The Morgan fingerprint density at radius 2 is 1.65 bits per heavy atom. The summed E-state index contributed by atoms with van der Waals surface area (Å²) in [5, 5.41) is 3.95. The van der Waals surface area contributed by atoms with Gasteiger partial charge in [0.1, 0.15) is 5.84 Å². The molecule has 3 nitrogen and oxygen atoms in total. The van der Waals surface area contributed by atoms with Crippen LogP contribution in [0.1, 0.15) is 5.56 Å². The van der Waals surface area contributed by atoms with Crippen LogP contribution >= 0.6 is 12.2 Å². The van der Waals surface area contributed by atoms with Gasteiger partial charge in [-0.05, 0) is 24.4 Å². The minimum Gasteiger partial charge on any atom is -0.332 e. The van der Waals surface area contributed by atoms with Crippen molar-refractivity contribution in [3.8, 4) is 0 Å². The van der Waals surface area contributed by atoms with Crippen LogP contribution in [-0.4, -0.2) is 28.9 Å². The van der Waals surface area contributed by atoms with Gasteiger partial charge in [-0.1, -0.05) is 48.5 Å². The van der Waals surface area contributed by atoms with E-state index in [9.17, 15) is 0 Å². The fourth-order valence-corrected chi connectivity index (χ4v) is 2.49. The van der Waals surface area contributed by atoms with E-state index in [0.29, 0.717) is 5.11 Å². The second-order valence-electron chi connectivity index (χ2n) is 4.52. The van der Waals surface area contributed by atoms with Gasteiger partial charge in [0.2, 0.25) is 0 Å². The van der Waals surface area contributed by atoms with E-state index in [-0.39, 0.29) is 0 Å². The number of thiocarbonyl (C=S) groups is 1. The van der Waals surface area contributed by atoms with Crippen molar-refractivity contribution in [3.63, 3.8) is 0 Å². The van der Waals surface area contributed by atoms with E-state index in [1.165, 1.54) is 0 Å². The predicted molar refractivity (Wildman–Crippen MR) is 87.2 cm³/mol. The first-order valence-electron chi connectivity index (χ1n) is 6.58. The quantitative estimate of drug-likeness (QED) is 0.857. The predicted octanol–water partition coefficient (Wildman–Crippen LogP) is 3.15. The molecule has 100 valence electrons. The number of hydrogen-bond donors (Lipinski definition) is 1. The summed E-state index contributed by atoms with van der Waals surface area (Å²) in [6.07, 6.45) is 0. The number of aliphatic imine (C=N–C) groups is 1. The standard InChI is InChI=1S/C16H15N3S/c20-16(18-14-9-5-2-6-10-14)19-12-11-17-15(19)13-7-3-1-4-8-13/h1-10H,11-12H2,(H,18,20). The van der Waals surface area contributed by atoms with Crippen molar-refractivity contribution in [2.45, 2.75) is 0 Å². The van der Waals surface area contributed by atoms with Crippen molar-refractivity contribution in [1.29, 1.82) is 0 Å². The fraction of sp³-hybridized carbons (Fsp3) is 0.125. The van der Waals surface area contributed by atoms with Gasteiger partial charge in [0.05, 0.1) is 6.54 Å². The zero-order chi connectivity index (χ0) is 13.8. The monoisotopic (exact) mass is 281 g/mol. The van der Waals surface area contributed by atoms with Gasteiger partial charge in [0.15, 0.2) is 5.11 Å². The van der Waals surface area contributed by atoms with Crippen LogP contribution in [0.15, 0.2) is 65.7 Å². The van der Waals surface area contributed by atoms with Gasteiger partial charge in [0, 0.05) is 17.8 Å². The highest BCUT2D eigenvalue weighted by Crippen LogP contribution is 2.14. The van der Waals surface area contributed by atoms with Crippen LogP contribution in [0.4, 0.5) is 5.69 Å². The van der Waals surface area contributed by atoms with Crippen LogP contribution in [0, 0.1) is 0 Å². The van der Waals surface area contributed by atoms with Crippen LogP contribution in [0.5, 0.6) is 0 Å². The number of amidine groups is 1. The zero-order valence-corrected chi connectivity index (χ0v) is 11.8. The molecule has 1 aliphatic rings. The number of nitrogens with zero attached hydrogens (tertiary/aromatic N) is 2. The average Bonchev–Trinajstić information content (AvgIpc) is 2.99. The van der Waals surface area contributed by atoms with Gasteiger partial charge in [0.25, 0.3) is 0 Å². The Bertz CT molecular complexity index is 623. The Hall–Kier alpha value is -2.20. The van der Waals surface area contributed by atoms with Crippen molar-refractivity contribution in [2.75, 3.05) is 18.4 Å². The second-order valence-corrected chi connectivity index (χ2v) is 4.91. The van der Waals surface area contributed by atoms with Gasteiger partial charge >= 0.3 is 0 Å². The summed E-state index contributed by atoms with van der Waals surface area (Å²) >= 11 is 5.51. The van der Waals surface area contributed by atoms with Crippen molar-refractivity contribution in [2.24, 2.45) is 4.99 Å². The molecule has 3 rings (SSSR count). The number of nitrogens with one attached hydrogen (secondary N) is 1. The van der Waals surface area contributed by atoms with Gasteiger partial charge in [-0.15, -0.1) is 0 Å². The third kappa shape index (κ3) is 2.70. The maximum Gasteiger partial charge on any atom is 0.179 e. The summed E-state index contributed by atoms with van der Waals surface area (Å²) in [5.74, 6) is 0.944. The van der Waals surface area contributed by atoms with E-state index in [4.69, 9.17) is 12.2 Å². The lowest BCUT2D eigenvalue weighted by Crippen LogP contribution is -2.37. The van der Waals surface area contributed by atoms with E-state index in [0.717, 1.165) is 30.2 Å². The molecular weight excluding hydrogens is 266 g/mol. The minimum atomic E-state index is 0.691. The molecule has 0 radical (unpaired) electrons. The molecule has 0 aromatic heterocycles.